The molecule has 34 heavy (non-hydrogen) atoms. The van der Waals surface area contributed by atoms with Crippen molar-refractivity contribution in [2.75, 3.05) is 0 Å². The summed E-state index contributed by atoms with van der Waals surface area (Å²) in [5.74, 6) is 0. The van der Waals surface area contributed by atoms with Gasteiger partial charge in [0.05, 0.1) is 0 Å². The van der Waals surface area contributed by atoms with Crippen molar-refractivity contribution >= 4 is 37.9 Å². The van der Waals surface area contributed by atoms with Crippen LogP contribution in [-0.4, -0.2) is 19.3 Å². The Morgan fingerprint density at radius 1 is 0.706 bits per heavy atom. The topological polar surface area (TPSA) is 71.4 Å². The molecule has 5 heteroatoms. The molecule has 0 unspecified atom stereocenters. The van der Waals surface area contributed by atoms with Gasteiger partial charge in [0.1, 0.15) is 4.90 Å². The highest BCUT2D eigenvalue weighted by atomic mass is 32.2. The van der Waals surface area contributed by atoms with Gasteiger partial charge in [-0.3, -0.25) is 9.35 Å². The first-order valence-corrected chi connectivity index (χ1v) is 13.3. The van der Waals surface area contributed by atoms with Crippen LogP contribution in [0.25, 0.3) is 21.5 Å². The van der Waals surface area contributed by atoms with Crippen molar-refractivity contribution < 1.29 is 17.8 Å². The third-order valence-electron chi connectivity index (χ3n) is 6.01. The molecule has 0 bridgehead atoms. The highest BCUT2D eigenvalue weighted by molar-refractivity contribution is 7.86. The molecule has 0 aliphatic carbocycles. The Balaban J connectivity index is 0.000000202. The minimum atomic E-state index is -4.13. The fourth-order valence-electron chi connectivity index (χ4n) is 4.21. The van der Waals surface area contributed by atoms with Gasteiger partial charge in [0.25, 0.3) is 10.1 Å². The number of carbonyl (C=O) groups is 1. The molecule has 0 spiro atoms. The Morgan fingerprint density at radius 2 is 1.29 bits per heavy atom. The van der Waals surface area contributed by atoms with E-state index in [1.807, 2.05) is 24.3 Å². The number of aldehydes is 1. The van der Waals surface area contributed by atoms with Crippen LogP contribution in [0.1, 0.15) is 61.4 Å². The van der Waals surface area contributed by atoms with Crippen molar-refractivity contribution in [2.24, 2.45) is 0 Å². The number of rotatable bonds is 9. The molecule has 0 fully saturated rings. The highest BCUT2D eigenvalue weighted by Crippen LogP contribution is 2.23. The molecule has 0 amide bonds. The van der Waals surface area contributed by atoms with E-state index in [0.29, 0.717) is 5.39 Å². The van der Waals surface area contributed by atoms with E-state index < -0.39 is 10.1 Å². The minimum absolute atomic E-state index is 0.0457. The molecule has 4 aromatic rings. The van der Waals surface area contributed by atoms with Crippen LogP contribution in [0.2, 0.25) is 0 Å². The van der Waals surface area contributed by atoms with E-state index in [9.17, 15) is 13.2 Å². The first-order valence-electron chi connectivity index (χ1n) is 11.9. The maximum atomic E-state index is 11.4. The Hall–Kier alpha value is -3.02. The lowest BCUT2D eigenvalue weighted by molar-refractivity contribution is 0.112. The van der Waals surface area contributed by atoms with E-state index in [1.165, 1.54) is 50.2 Å². The van der Waals surface area contributed by atoms with Gasteiger partial charge >= 0.3 is 0 Å². The SMILES string of the molecule is CCCCCCCCc1ccc2ccccc2c1C=O.O=S(=O)(O)c1cccc2ccccc12. The smallest absolute Gasteiger partial charge is 0.295 e. The molecule has 0 aliphatic heterocycles. The van der Waals surface area contributed by atoms with Crippen LogP contribution in [0.5, 0.6) is 0 Å². The summed E-state index contributed by atoms with van der Waals surface area (Å²) in [7, 11) is -4.13. The predicted molar refractivity (Wildman–Crippen MR) is 140 cm³/mol. The zero-order chi connectivity index (χ0) is 24.4. The lowest BCUT2D eigenvalue weighted by Crippen LogP contribution is -1.98. The summed E-state index contributed by atoms with van der Waals surface area (Å²) < 4.78 is 31.0. The second kappa shape index (κ2) is 12.4. The second-order valence-corrected chi connectivity index (χ2v) is 9.84. The Kier molecular flexibility index (Phi) is 9.37. The second-order valence-electron chi connectivity index (χ2n) is 8.45. The molecule has 4 aromatic carbocycles. The summed E-state index contributed by atoms with van der Waals surface area (Å²) in [5, 5.41) is 3.58. The standard InChI is InChI=1S/C19H24O.C10H8O3S/c1-2-3-4-5-6-7-10-17-14-13-16-11-8-9-12-18(16)19(17)15-20;11-14(12,13)10-7-3-5-8-4-1-2-6-9(8)10/h8-9,11-15H,2-7,10H2,1H3;1-7H,(H,11,12,13). The number of aryl methyl sites for hydroxylation is 1. The number of unbranched alkanes of at least 4 members (excludes halogenated alkanes) is 5. The average molecular weight is 477 g/mol. The largest absolute Gasteiger partial charge is 0.298 e. The monoisotopic (exact) mass is 476 g/mol. The van der Waals surface area contributed by atoms with Crippen molar-refractivity contribution in [1.82, 2.24) is 0 Å². The molecule has 0 radical (unpaired) electrons. The maximum Gasteiger partial charge on any atom is 0.295 e. The lowest BCUT2D eigenvalue weighted by Gasteiger charge is -2.08. The molecule has 1 N–H and O–H groups in total. The number of carbonyl (C=O) groups excluding carboxylic acids is 1. The molecule has 0 aliphatic rings. The first-order chi connectivity index (χ1) is 16.5. The summed E-state index contributed by atoms with van der Waals surface area (Å²) in [4.78, 5) is 11.4. The fourth-order valence-corrected chi connectivity index (χ4v) is 4.93. The molecule has 4 rings (SSSR count). The van der Waals surface area contributed by atoms with Gasteiger partial charge in [-0.25, -0.2) is 0 Å². The predicted octanol–water partition coefficient (Wildman–Crippen LogP) is 7.64. The Bertz CT molecular complexity index is 1340. The third kappa shape index (κ3) is 6.75. The van der Waals surface area contributed by atoms with Gasteiger partial charge in [0, 0.05) is 10.9 Å². The molecule has 0 atom stereocenters. The van der Waals surface area contributed by atoms with Crippen LogP contribution in [0.3, 0.4) is 0 Å². The van der Waals surface area contributed by atoms with Gasteiger partial charge in [-0.1, -0.05) is 112 Å². The summed E-state index contributed by atoms with van der Waals surface area (Å²) in [6, 6.07) is 24.2. The zero-order valence-electron chi connectivity index (χ0n) is 19.6. The quantitative estimate of drug-likeness (QED) is 0.153. The molecule has 0 saturated heterocycles. The van der Waals surface area contributed by atoms with E-state index in [0.717, 1.165) is 34.4 Å². The lowest BCUT2D eigenvalue weighted by atomic mass is 9.96. The van der Waals surface area contributed by atoms with Gasteiger partial charge in [0.2, 0.25) is 0 Å². The fraction of sp³-hybridized carbons (Fsp3) is 0.276. The Morgan fingerprint density at radius 3 is 1.97 bits per heavy atom. The molecule has 0 heterocycles. The van der Waals surface area contributed by atoms with Gasteiger partial charge in [-0.05, 0) is 40.6 Å². The average Bonchev–Trinajstić information content (AvgIpc) is 2.85. The highest BCUT2D eigenvalue weighted by Gasteiger charge is 2.12. The summed E-state index contributed by atoms with van der Waals surface area (Å²) in [6.07, 6.45) is 9.79. The van der Waals surface area contributed by atoms with Gasteiger partial charge in [-0.2, -0.15) is 8.42 Å². The number of fused-ring (bicyclic) bond motifs is 2. The van der Waals surface area contributed by atoms with E-state index in [2.05, 4.69) is 25.1 Å². The van der Waals surface area contributed by atoms with E-state index in [4.69, 9.17) is 4.55 Å². The third-order valence-corrected chi connectivity index (χ3v) is 6.92. The molecule has 178 valence electrons. The van der Waals surface area contributed by atoms with Crippen LogP contribution >= 0.6 is 0 Å². The van der Waals surface area contributed by atoms with Crippen molar-refractivity contribution in [3.05, 3.63) is 90.0 Å². The summed E-state index contributed by atoms with van der Waals surface area (Å²) >= 11 is 0. The molecule has 0 aromatic heterocycles. The summed E-state index contributed by atoms with van der Waals surface area (Å²) in [6.45, 7) is 2.24. The first kappa shape index (κ1) is 25.6. The van der Waals surface area contributed by atoms with E-state index in [-0.39, 0.29) is 4.90 Å². The minimum Gasteiger partial charge on any atom is -0.298 e. The number of hydrogen-bond acceptors (Lipinski definition) is 3. The zero-order valence-corrected chi connectivity index (χ0v) is 20.4. The van der Waals surface area contributed by atoms with Crippen LogP contribution in [-0.2, 0) is 16.5 Å². The van der Waals surface area contributed by atoms with Crippen molar-refractivity contribution in [2.45, 2.75) is 56.8 Å². The summed E-state index contributed by atoms with van der Waals surface area (Å²) in [5.41, 5.74) is 2.09. The molecule has 0 saturated carbocycles. The van der Waals surface area contributed by atoms with Crippen LogP contribution in [0.15, 0.2) is 83.8 Å². The van der Waals surface area contributed by atoms with Gasteiger partial charge in [0.15, 0.2) is 6.29 Å². The van der Waals surface area contributed by atoms with Crippen molar-refractivity contribution in [1.29, 1.82) is 0 Å². The van der Waals surface area contributed by atoms with Crippen LogP contribution in [0.4, 0.5) is 0 Å². The van der Waals surface area contributed by atoms with Crippen molar-refractivity contribution in [3.8, 4) is 0 Å². The van der Waals surface area contributed by atoms with Gasteiger partial charge in [-0.15, -0.1) is 0 Å². The van der Waals surface area contributed by atoms with Gasteiger partial charge < -0.3 is 0 Å². The molecular weight excluding hydrogens is 444 g/mol. The molecular formula is C29H32O4S. The van der Waals surface area contributed by atoms with Crippen LogP contribution < -0.4 is 0 Å². The van der Waals surface area contributed by atoms with Crippen molar-refractivity contribution in [3.63, 3.8) is 0 Å². The molecule has 4 nitrogen and oxygen atoms in total. The maximum absolute atomic E-state index is 11.4. The normalized spacial score (nSPS) is 11.2. The van der Waals surface area contributed by atoms with Crippen LogP contribution in [0, 0.1) is 0 Å². The van der Waals surface area contributed by atoms with E-state index >= 15 is 0 Å². The number of benzene rings is 4. The van der Waals surface area contributed by atoms with E-state index in [1.54, 1.807) is 30.3 Å². The Labute approximate surface area is 202 Å². The number of hydrogen-bond donors (Lipinski definition) is 1.